The van der Waals surface area contributed by atoms with E-state index in [9.17, 15) is 0 Å². The smallest absolute Gasteiger partial charge is 0.208 e. The lowest BCUT2D eigenvalue weighted by atomic mass is 10.2. The largest absolute Gasteiger partial charge is 0.488 e. The Kier molecular flexibility index (Phi) is 4.05. The summed E-state index contributed by atoms with van der Waals surface area (Å²) in [6.45, 7) is 8.16. The van der Waals surface area contributed by atoms with Gasteiger partial charge in [-0.05, 0) is 13.0 Å². The molecule has 0 amide bonds. The first-order valence-corrected chi connectivity index (χ1v) is 8.10. The molecular weight excluding hydrogens is 284 g/mol. The Balaban J connectivity index is 1.64. The molecule has 0 spiro atoms. The van der Waals surface area contributed by atoms with Gasteiger partial charge in [0, 0.05) is 36.8 Å². The Morgan fingerprint density at radius 3 is 2.95 bits per heavy atom. The van der Waals surface area contributed by atoms with Crippen LogP contribution < -0.4 is 9.64 Å². The lowest BCUT2D eigenvalue weighted by Gasteiger charge is -2.16. The average molecular weight is 304 g/mol. The molecule has 112 valence electrons. The number of aromatic nitrogens is 3. The van der Waals surface area contributed by atoms with Crippen LogP contribution in [0.15, 0.2) is 18.5 Å². The van der Waals surface area contributed by atoms with Crippen LogP contribution in [0.1, 0.15) is 36.8 Å². The summed E-state index contributed by atoms with van der Waals surface area (Å²) in [6.07, 6.45) is 4.83. The Morgan fingerprint density at radius 1 is 1.38 bits per heavy atom. The predicted molar refractivity (Wildman–Crippen MR) is 84.2 cm³/mol. The lowest BCUT2D eigenvalue weighted by molar-refractivity contribution is 0.223. The van der Waals surface area contributed by atoms with Crippen molar-refractivity contribution in [3.63, 3.8) is 0 Å². The summed E-state index contributed by atoms with van der Waals surface area (Å²) in [6, 6.07) is 1.93. The molecular formula is C15H20N4OS. The Bertz CT molecular complexity index is 613. The van der Waals surface area contributed by atoms with Crippen molar-refractivity contribution in [2.24, 2.45) is 0 Å². The van der Waals surface area contributed by atoms with Crippen molar-refractivity contribution in [3.8, 4) is 5.75 Å². The van der Waals surface area contributed by atoms with Crippen molar-refractivity contribution in [1.29, 1.82) is 0 Å². The van der Waals surface area contributed by atoms with E-state index >= 15 is 0 Å². The maximum Gasteiger partial charge on any atom is 0.208 e. The van der Waals surface area contributed by atoms with Gasteiger partial charge in [-0.2, -0.15) is 0 Å². The molecule has 6 heteroatoms. The van der Waals surface area contributed by atoms with Gasteiger partial charge in [-0.25, -0.2) is 0 Å². The van der Waals surface area contributed by atoms with E-state index in [1.54, 1.807) is 17.5 Å². The van der Waals surface area contributed by atoms with Crippen LogP contribution in [0.3, 0.4) is 0 Å². The Hall–Kier alpha value is -1.69. The first kappa shape index (κ1) is 14.3. The third kappa shape index (κ3) is 3.15. The summed E-state index contributed by atoms with van der Waals surface area (Å²) >= 11 is 1.69. The summed E-state index contributed by atoms with van der Waals surface area (Å²) in [5, 5.41) is 10.7. The van der Waals surface area contributed by atoms with Gasteiger partial charge in [0.1, 0.15) is 16.9 Å². The van der Waals surface area contributed by atoms with Gasteiger partial charge in [0.25, 0.3) is 0 Å². The summed E-state index contributed by atoms with van der Waals surface area (Å²) in [4.78, 5) is 6.36. The van der Waals surface area contributed by atoms with E-state index in [1.165, 1.54) is 0 Å². The zero-order chi connectivity index (χ0) is 14.8. The van der Waals surface area contributed by atoms with E-state index in [4.69, 9.17) is 4.74 Å². The monoisotopic (exact) mass is 304 g/mol. The quantitative estimate of drug-likeness (QED) is 0.869. The first-order valence-electron chi connectivity index (χ1n) is 7.29. The molecule has 1 aliphatic rings. The molecule has 0 radical (unpaired) electrons. The van der Waals surface area contributed by atoms with Crippen LogP contribution in [0.2, 0.25) is 0 Å². The summed E-state index contributed by atoms with van der Waals surface area (Å²) < 4.78 is 6.09. The molecule has 5 nitrogen and oxygen atoms in total. The van der Waals surface area contributed by atoms with Gasteiger partial charge < -0.3 is 9.64 Å². The standard InChI is InChI=1S/C15H20N4OS/c1-10(2)14-17-18-15(21-14)19-7-5-12(9-19)20-13-4-6-16-8-11(13)3/h4,6,8,10,12H,5,7,9H2,1-3H3. The van der Waals surface area contributed by atoms with Crippen LogP contribution in [0, 0.1) is 6.92 Å². The third-order valence-corrected chi connectivity index (χ3v) is 4.89. The zero-order valence-electron chi connectivity index (χ0n) is 12.6. The molecule has 3 rings (SSSR count). The number of rotatable bonds is 4. The molecule has 21 heavy (non-hydrogen) atoms. The van der Waals surface area contributed by atoms with Crippen molar-refractivity contribution in [2.75, 3.05) is 18.0 Å². The minimum Gasteiger partial charge on any atom is -0.488 e. The average Bonchev–Trinajstić information content (AvgIpc) is 3.10. The number of aryl methyl sites for hydroxylation is 1. The molecule has 1 unspecified atom stereocenters. The Morgan fingerprint density at radius 2 is 2.24 bits per heavy atom. The van der Waals surface area contributed by atoms with Crippen molar-refractivity contribution in [1.82, 2.24) is 15.2 Å². The van der Waals surface area contributed by atoms with E-state index in [0.29, 0.717) is 5.92 Å². The van der Waals surface area contributed by atoms with Crippen molar-refractivity contribution < 1.29 is 4.74 Å². The van der Waals surface area contributed by atoms with Gasteiger partial charge in [-0.15, -0.1) is 10.2 Å². The molecule has 3 heterocycles. The van der Waals surface area contributed by atoms with Crippen molar-refractivity contribution in [2.45, 2.75) is 39.2 Å². The predicted octanol–water partition coefficient (Wildman–Crippen LogP) is 3.02. The molecule has 1 aliphatic heterocycles. The molecule has 1 saturated heterocycles. The second-order valence-electron chi connectivity index (χ2n) is 5.69. The molecule has 2 aromatic rings. The minimum absolute atomic E-state index is 0.206. The third-order valence-electron chi connectivity index (χ3n) is 3.60. The summed E-state index contributed by atoms with van der Waals surface area (Å²) in [5.41, 5.74) is 1.08. The maximum atomic E-state index is 6.09. The topological polar surface area (TPSA) is 51.1 Å². The lowest BCUT2D eigenvalue weighted by Crippen LogP contribution is -2.24. The molecule has 1 atom stereocenters. The number of anilines is 1. The normalized spacial score (nSPS) is 18.5. The van der Waals surface area contributed by atoms with Crippen LogP contribution in [0.25, 0.3) is 0 Å². The van der Waals surface area contributed by atoms with Gasteiger partial charge in [0.15, 0.2) is 0 Å². The summed E-state index contributed by atoms with van der Waals surface area (Å²) in [5.74, 6) is 1.36. The number of nitrogens with zero attached hydrogens (tertiary/aromatic N) is 4. The number of pyridine rings is 1. The molecule has 0 aromatic carbocycles. The van der Waals surface area contributed by atoms with Crippen LogP contribution in [-0.4, -0.2) is 34.4 Å². The van der Waals surface area contributed by atoms with Gasteiger partial charge in [-0.3, -0.25) is 4.98 Å². The fraction of sp³-hybridized carbons (Fsp3) is 0.533. The van der Waals surface area contributed by atoms with Gasteiger partial charge in [0.2, 0.25) is 5.13 Å². The molecule has 1 fully saturated rings. The molecule has 0 saturated carbocycles. The molecule has 2 aromatic heterocycles. The SMILES string of the molecule is Cc1cnccc1OC1CCN(c2nnc(C(C)C)s2)C1. The van der Waals surface area contributed by atoms with Gasteiger partial charge in [0.05, 0.1) is 6.54 Å². The highest BCUT2D eigenvalue weighted by Crippen LogP contribution is 2.29. The highest BCUT2D eigenvalue weighted by atomic mass is 32.1. The van der Waals surface area contributed by atoms with Crippen molar-refractivity contribution in [3.05, 3.63) is 29.0 Å². The molecule has 0 N–H and O–H groups in total. The van der Waals surface area contributed by atoms with Crippen molar-refractivity contribution >= 4 is 16.5 Å². The minimum atomic E-state index is 0.206. The first-order chi connectivity index (χ1) is 10.1. The molecule has 0 aliphatic carbocycles. The van der Waals surface area contributed by atoms with E-state index in [1.807, 2.05) is 19.2 Å². The van der Waals surface area contributed by atoms with Crippen LogP contribution in [0.4, 0.5) is 5.13 Å². The van der Waals surface area contributed by atoms with E-state index in [0.717, 1.165) is 41.0 Å². The summed E-state index contributed by atoms with van der Waals surface area (Å²) in [7, 11) is 0. The fourth-order valence-electron chi connectivity index (χ4n) is 2.36. The van der Waals surface area contributed by atoms with E-state index < -0.39 is 0 Å². The fourth-order valence-corrected chi connectivity index (χ4v) is 3.24. The van der Waals surface area contributed by atoms with Gasteiger partial charge in [-0.1, -0.05) is 25.2 Å². The van der Waals surface area contributed by atoms with Gasteiger partial charge >= 0.3 is 0 Å². The molecule has 0 bridgehead atoms. The maximum absolute atomic E-state index is 6.09. The van der Waals surface area contributed by atoms with Crippen LogP contribution in [-0.2, 0) is 0 Å². The second-order valence-corrected chi connectivity index (χ2v) is 6.68. The van der Waals surface area contributed by atoms with E-state index in [-0.39, 0.29) is 6.10 Å². The highest BCUT2D eigenvalue weighted by Gasteiger charge is 2.27. The zero-order valence-corrected chi connectivity index (χ0v) is 13.4. The van der Waals surface area contributed by atoms with E-state index in [2.05, 4.69) is 33.9 Å². The number of ether oxygens (including phenoxy) is 1. The number of hydrogen-bond acceptors (Lipinski definition) is 6. The number of hydrogen-bond donors (Lipinski definition) is 0. The van der Waals surface area contributed by atoms with Crippen LogP contribution >= 0.6 is 11.3 Å². The van der Waals surface area contributed by atoms with Crippen LogP contribution in [0.5, 0.6) is 5.75 Å². The highest BCUT2D eigenvalue weighted by molar-refractivity contribution is 7.15. The Labute approximate surface area is 129 Å². The second kappa shape index (κ2) is 5.97.